The molecule has 4 rings (SSSR count). The van der Waals surface area contributed by atoms with E-state index in [0.717, 1.165) is 11.1 Å². The minimum atomic E-state index is -1.66. The molecule has 4 amide bonds. The molecule has 0 saturated heterocycles. The summed E-state index contributed by atoms with van der Waals surface area (Å²) in [6.07, 6.45) is -0.992. The van der Waals surface area contributed by atoms with Crippen LogP contribution in [0.2, 0.25) is 0 Å². The van der Waals surface area contributed by atoms with Crippen LogP contribution in [0.4, 0.5) is 21.9 Å². The van der Waals surface area contributed by atoms with Gasteiger partial charge in [0.1, 0.15) is 0 Å². The Morgan fingerprint density at radius 3 is 1.95 bits per heavy atom. The molecular formula is C31H36N4O5. The Kier molecular flexibility index (Phi) is 9.19. The van der Waals surface area contributed by atoms with Crippen molar-refractivity contribution in [2.75, 3.05) is 35.3 Å². The molecule has 0 aliphatic carbocycles. The molecule has 1 atom stereocenters. The number of rotatable bonds is 11. The molecule has 9 heteroatoms. The number of carbonyl (C=O) groups is 3. The molecule has 0 spiro atoms. The Bertz CT molecular complexity index is 1270. The molecule has 210 valence electrons. The first-order valence-corrected chi connectivity index (χ1v) is 13.4. The lowest BCUT2D eigenvalue weighted by Crippen LogP contribution is -2.56. The molecule has 3 aromatic carbocycles. The van der Waals surface area contributed by atoms with E-state index in [4.69, 9.17) is 9.47 Å². The third-order valence-corrected chi connectivity index (χ3v) is 6.70. The van der Waals surface area contributed by atoms with Gasteiger partial charge < -0.3 is 30.3 Å². The number of urea groups is 1. The van der Waals surface area contributed by atoms with Crippen molar-refractivity contribution in [2.24, 2.45) is 0 Å². The second-order valence-corrected chi connectivity index (χ2v) is 9.71. The van der Waals surface area contributed by atoms with E-state index in [2.05, 4.69) is 16.0 Å². The Morgan fingerprint density at radius 1 is 0.825 bits per heavy atom. The summed E-state index contributed by atoms with van der Waals surface area (Å²) in [5, 5.41) is 8.53. The molecule has 1 aliphatic heterocycles. The van der Waals surface area contributed by atoms with Crippen molar-refractivity contribution in [3.63, 3.8) is 0 Å². The fraction of sp³-hybridized carbons (Fsp3) is 0.323. The van der Waals surface area contributed by atoms with Gasteiger partial charge in [0.15, 0.2) is 11.8 Å². The maximum atomic E-state index is 14.3. The van der Waals surface area contributed by atoms with E-state index in [1.807, 2.05) is 58.0 Å². The lowest BCUT2D eigenvalue weighted by molar-refractivity contribution is -0.138. The quantitative estimate of drug-likeness (QED) is 0.291. The van der Waals surface area contributed by atoms with Gasteiger partial charge >= 0.3 is 6.03 Å². The summed E-state index contributed by atoms with van der Waals surface area (Å²) in [7, 11) is 0. The highest BCUT2D eigenvalue weighted by atomic mass is 16.7. The van der Waals surface area contributed by atoms with Crippen LogP contribution >= 0.6 is 0 Å². The molecule has 0 bridgehead atoms. The maximum absolute atomic E-state index is 14.3. The lowest BCUT2D eigenvalue weighted by atomic mass is 9.87. The summed E-state index contributed by atoms with van der Waals surface area (Å²) >= 11 is 0. The van der Waals surface area contributed by atoms with Gasteiger partial charge in [0.05, 0.1) is 18.7 Å². The maximum Gasteiger partial charge on any atom is 0.320 e. The summed E-state index contributed by atoms with van der Waals surface area (Å²) in [4.78, 5) is 42.6. The largest absolute Gasteiger partial charge is 0.351 e. The van der Waals surface area contributed by atoms with E-state index in [1.54, 1.807) is 42.5 Å². The highest BCUT2D eigenvalue weighted by Crippen LogP contribution is 2.43. The minimum Gasteiger partial charge on any atom is -0.351 e. The highest BCUT2D eigenvalue weighted by Gasteiger charge is 2.53. The number of carbonyl (C=O) groups excluding carboxylic acids is 3. The first-order chi connectivity index (χ1) is 19.3. The van der Waals surface area contributed by atoms with Crippen molar-refractivity contribution in [1.82, 2.24) is 5.32 Å². The topological polar surface area (TPSA) is 109 Å². The molecule has 1 aliphatic rings. The second-order valence-electron chi connectivity index (χ2n) is 9.71. The van der Waals surface area contributed by atoms with Gasteiger partial charge in [-0.1, -0.05) is 53.6 Å². The van der Waals surface area contributed by atoms with Crippen molar-refractivity contribution in [3.05, 3.63) is 89.5 Å². The zero-order valence-electron chi connectivity index (χ0n) is 23.3. The van der Waals surface area contributed by atoms with E-state index in [0.29, 0.717) is 35.8 Å². The number of ether oxygens (including phenoxy) is 2. The van der Waals surface area contributed by atoms with Crippen molar-refractivity contribution >= 4 is 34.9 Å². The molecule has 3 aromatic rings. The van der Waals surface area contributed by atoms with Crippen LogP contribution in [-0.2, 0) is 24.6 Å². The van der Waals surface area contributed by atoms with Crippen LogP contribution in [-0.4, -0.2) is 43.9 Å². The van der Waals surface area contributed by atoms with Gasteiger partial charge in [-0.15, -0.1) is 0 Å². The number of nitrogens with one attached hydrogen (secondary N) is 3. The first kappa shape index (κ1) is 28.8. The van der Waals surface area contributed by atoms with Gasteiger partial charge in [-0.05, 0) is 58.0 Å². The van der Waals surface area contributed by atoms with Crippen molar-refractivity contribution < 1.29 is 23.9 Å². The number of nitrogens with zero attached hydrogens (tertiary/aromatic N) is 1. The molecule has 40 heavy (non-hydrogen) atoms. The normalized spacial score (nSPS) is 16.1. The van der Waals surface area contributed by atoms with Crippen LogP contribution in [0.1, 0.15) is 37.0 Å². The van der Waals surface area contributed by atoms with E-state index >= 15 is 0 Å². The number of benzene rings is 3. The molecule has 0 aromatic heterocycles. The van der Waals surface area contributed by atoms with E-state index < -0.39 is 29.7 Å². The number of anilines is 3. The predicted molar refractivity (Wildman–Crippen MR) is 155 cm³/mol. The average Bonchev–Trinajstić information content (AvgIpc) is 3.14. The van der Waals surface area contributed by atoms with Crippen LogP contribution in [0, 0.1) is 13.8 Å². The second kappa shape index (κ2) is 12.8. The lowest BCUT2D eigenvalue weighted by Gasteiger charge is -2.30. The number of fused-ring (bicyclic) bond motifs is 1. The Balaban J connectivity index is 1.69. The Morgan fingerprint density at radius 2 is 1.38 bits per heavy atom. The molecular weight excluding hydrogens is 508 g/mol. The summed E-state index contributed by atoms with van der Waals surface area (Å²) in [6.45, 7) is 8.50. The van der Waals surface area contributed by atoms with Crippen molar-refractivity contribution in [1.29, 1.82) is 0 Å². The molecule has 0 radical (unpaired) electrons. The molecule has 1 heterocycles. The number of amides is 4. The number of hydrogen-bond acceptors (Lipinski definition) is 5. The summed E-state index contributed by atoms with van der Waals surface area (Å²) in [5.41, 5.74) is 2.69. The monoisotopic (exact) mass is 544 g/mol. The Hall–Kier alpha value is -4.21. The van der Waals surface area contributed by atoms with Gasteiger partial charge in [-0.3, -0.25) is 9.59 Å². The van der Waals surface area contributed by atoms with Crippen LogP contribution in [0.5, 0.6) is 0 Å². The van der Waals surface area contributed by atoms with Gasteiger partial charge in [0.25, 0.3) is 5.91 Å². The SMILES string of the molecule is CCOC(CN1C(=O)[C@](CC(=O)Nc2ccc(C)cc2)(NC(=O)Nc2ccc(C)cc2)c2ccccc21)OCC. The highest BCUT2D eigenvalue weighted by molar-refractivity contribution is 6.12. The van der Waals surface area contributed by atoms with Crippen LogP contribution in [0.3, 0.4) is 0 Å². The van der Waals surface area contributed by atoms with Gasteiger partial charge in [0.2, 0.25) is 5.91 Å². The summed E-state index contributed by atoms with van der Waals surface area (Å²) in [5.74, 6) is -0.869. The number of aryl methyl sites for hydroxylation is 2. The molecule has 9 nitrogen and oxygen atoms in total. The minimum absolute atomic E-state index is 0.0973. The molecule has 0 saturated carbocycles. The number of hydrogen-bond donors (Lipinski definition) is 3. The van der Waals surface area contributed by atoms with Gasteiger partial charge in [-0.2, -0.15) is 0 Å². The smallest absolute Gasteiger partial charge is 0.320 e. The third-order valence-electron chi connectivity index (χ3n) is 6.70. The fourth-order valence-electron chi connectivity index (χ4n) is 4.79. The number of para-hydroxylation sites is 1. The summed E-state index contributed by atoms with van der Waals surface area (Å²) < 4.78 is 11.4. The van der Waals surface area contributed by atoms with E-state index in [1.165, 1.54) is 4.90 Å². The van der Waals surface area contributed by atoms with Crippen LogP contribution < -0.4 is 20.9 Å². The standard InChI is InChI=1S/C31H36N4O5/c1-5-39-28(40-6-2)20-35-26-10-8-7-9-25(26)31(29(35)37,19-27(36)32-23-15-11-21(3)12-16-23)34-30(38)33-24-17-13-22(4)14-18-24/h7-18,28H,5-6,19-20H2,1-4H3,(H,32,36)(H2,33,34,38)/t31-/m1/s1. The van der Waals surface area contributed by atoms with Gasteiger partial charge in [-0.25, -0.2) is 4.79 Å². The Labute approximate surface area is 234 Å². The molecule has 0 fully saturated rings. The zero-order chi connectivity index (χ0) is 28.7. The van der Waals surface area contributed by atoms with E-state index in [-0.39, 0.29) is 13.0 Å². The van der Waals surface area contributed by atoms with E-state index in [9.17, 15) is 14.4 Å². The van der Waals surface area contributed by atoms with Crippen LogP contribution in [0.25, 0.3) is 0 Å². The first-order valence-electron chi connectivity index (χ1n) is 13.4. The summed E-state index contributed by atoms with van der Waals surface area (Å²) in [6, 6.07) is 21.2. The average molecular weight is 545 g/mol. The van der Waals surface area contributed by atoms with Gasteiger partial charge in [0, 0.05) is 30.2 Å². The van der Waals surface area contributed by atoms with Crippen LogP contribution in [0.15, 0.2) is 72.8 Å². The third kappa shape index (κ3) is 6.50. The van der Waals surface area contributed by atoms with Crippen molar-refractivity contribution in [3.8, 4) is 0 Å². The fourth-order valence-corrected chi connectivity index (χ4v) is 4.79. The molecule has 0 unspecified atom stereocenters. The van der Waals surface area contributed by atoms with Crippen molar-refractivity contribution in [2.45, 2.75) is 45.9 Å². The zero-order valence-corrected chi connectivity index (χ0v) is 23.3. The predicted octanol–water partition coefficient (Wildman–Crippen LogP) is 5.09. The molecule has 3 N–H and O–H groups in total.